The van der Waals surface area contributed by atoms with Crippen LogP contribution < -0.4 is 15.8 Å². The van der Waals surface area contributed by atoms with E-state index in [1.54, 1.807) is 24.3 Å². The van der Waals surface area contributed by atoms with Crippen LogP contribution in [0.15, 0.2) is 78.9 Å². The van der Waals surface area contributed by atoms with Crippen LogP contribution in [0.5, 0.6) is 5.75 Å². The Morgan fingerprint density at radius 1 is 0.821 bits per heavy atom. The molecule has 0 saturated carbocycles. The zero-order valence-corrected chi connectivity index (χ0v) is 15.4. The SMILES string of the molecule is NC(=O)COc1ccc(NC(=O)c2ccccc2CCc2ccccc2)cc1. The lowest BCUT2D eigenvalue weighted by Crippen LogP contribution is -2.20. The van der Waals surface area contributed by atoms with E-state index in [1.165, 1.54) is 5.56 Å². The van der Waals surface area contributed by atoms with Crippen molar-refractivity contribution in [2.45, 2.75) is 12.8 Å². The molecule has 142 valence electrons. The Hall–Kier alpha value is -3.60. The molecular formula is C23H22N2O3. The molecule has 0 aliphatic rings. The Morgan fingerprint density at radius 3 is 2.21 bits per heavy atom. The number of carbonyl (C=O) groups is 2. The summed E-state index contributed by atoms with van der Waals surface area (Å²) in [5.74, 6) is -0.181. The third-order valence-corrected chi connectivity index (χ3v) is 4.28. The van der Waals surface area contributed by atoms with Gasteiger partial charge in [0.05, 0.1) is 0 Å². The monoisotopic (exact) mass is 374 g/mol. The molecule has 0 heterocycles. The van der Waals surface area contributed by atoms with Gasteiger partial charge in [0.2, 0.25) is 0 Å². The summed E-state index contributed by atoms with van der Waals surface area (Å²) < 4.78 is 5.22. The van der Waals surface area contributed by atoms with Gasteiger partial charge in [0.1, 0.15) is 5.75 Å². The number of nitrogens with one attached hydrogen (secondary N) is 1. The van der Waals surface area contributed by atoms with Gasteiger partial charge in [-0.1, -0.05) is 48.5 Å². The second-order valence-corrected chi connectivity index (χ2v) is 6.38. The van der Waals surface area contributed by atoms with E-state index in [4.69, 9.17) is 10.5 Å². The Morgan fingerprint density at radius 2 is 1.50 bits per heavy atom. The molecule has 0 spiro atoms. The summed E-state index contributed by atoms with van der Waals surface area (Å²) in [5, 5.41) is 2.90. The molecule has 0 unspecified atom stereocenters. The molecule has 0 aliphatic heterocycles. The number of nitrogens with two attached hydrogens (primary N) is 1. The Balaban J connectivity index is 1.65. The molecule has 0 saturated heterocycles. The maximum absolute atomic E-state index is 12.7. The number of rotatable bonds is 8. The molecule has 3 aromatic rings. The summed E-state index contributed by atoms with van der Waals surface area (Å²) in [5.41, 5.74) is 8.61. The molecular weight excluding hydrogens is 352 g/mol. The molecule has 3 rings (SSSR count). The normalized spacial score (nSPS) is 10.3. The zero-order valence-electron chi connectivity index (χ0n) is 15.4. The predicted molar refractivity (Wildman–Crippen MR) is 109 cm³/mol. The maximum atomic E-state index is 12.7. The lowest BCUT2D eigenvalue weighted by molar-refractivity contribution is -0.119. The van der Waals surface area contributed by atoms with E-state index < -0.39 is 5.91 Å². The first-order valence-corrected chi connectivity index (χ1v) is 9.06. The number of hydrogen-bond acceptors (Lipinski definition) is 3. The van der Waals surface area contributed by atoms with Gasteiger partial charge in [-0.3, -0.25) is 9.59 Å². The summed E-state index contributed by atoms with van der Waals surface area (Å²) in [6, 6.07) is 24.6. The second kappa shape index (κ2) is 9.37. The number of primary amides is 1. The quantitative estimate of drug-likeness (QED) is 0.632. The van der Waals surface area contributed by atoms with Gasteiger partial charge in [-0.25, -0.2) is 0 Å². The van der Waals surface area contributed by atoms with E-state index in [9.17, 15) is 9.59 Å². The fraction of sp³-hybridized carbons (Fsp3) is 0.130. The lowest BCUT2D eigenvalue weighted by Gasteiger charge is -2.11. The van der Waals surface area contributed by atoms with Crippen molar-refractivity contribution in [3.8, 4) is 5.75 Å². The highest BCUT2D eigenvalue weighted by Gasteiger charge is 2.11. The van der Waals surface area contributed by atoms with E-state index in [0.717, 1.165) is 18.4 Å². The van der Waals surface area contributed by atoms with E-state index in [1.807, 2.05) is 42.5 Å². The van der Waals surface area contributed by atoms with Crippen LogP contribution in [0.1, 0.15) is 21.5 Å². The molecule has 2 amide bonds. The highest BCUT2D eigenvalue weighted by atomic mass is 16.5. The van der Waals surface area contributed by atoms with Gasteiger partial charge >= 0.3 is 0 Å². The highest BCUT2D eigenvalue weighted by molar-refractivity contribution is 6.05. The minimum absolute atomic E-state index is 0.158. The van der Waals surface area contributed by atoms with Crippen molar-refractivity contribution >= 4 is 17.5 Å². The lowest BCUT2D eigenvalue weighted by atomic mass is 9.99. The van der Waals surface area contributed by atoms with E-state index in [0.29, 0.717) is 17.0 Å². The van der Waals surface area contributed by atoms with Gasteiger partial charge in [-0.05, 0) is 54.3 Å². The number of carbonyl (C=O) groups excluding carboxylic acids is 2. The molecule has 3 N–H and O–H groups in total. The topological polar surface area (TPSA) is 81.4 Å². The van der Waals surface area contributed by atoms with Gasteiger partial charge in [-0.2, -0.15) is 0 Å². The average Bonchev–Trinajstić information content (AvgIpc) is 2.72. The van der Waals surface area contributed by atoms with Gasteiger partial charge < -0.3 is 15.8 Å². The van der Waals surface area contributed by atoms with Crippen LogP contribution in [0, 0.1) is 0 Å². The van der Waals surface area contributed by atoms with Gasteiger partial charge in [-0.15, -0.1) is 0 Å². The summed E-state index contributed by atoms with van der Waals surface area (Å²) >= 11 is 0. The Kier molecular flexibility index (Phi) is 6.41. The van der Waals surface area contributed by atoms with Gasteiger partial charge in [0, 0.05) is 11.3 Å². The van der Waals surface area contributed by atoms with Crippen LogP contribution in [0.2, 0.25) is 0 Å². The highest BCUT2D eigenvalue weighted by Crippen LogP contribution is 2.18. The minimum atomic E-state index is -0.538. The first-order valence-electron chi connectivity index (χ1n) is 9.06. The summed E-state index contributed by atoms with van der Waals surface area (Å²) in [4.78, 5) is 23.5. The van der Waals surface area contributed by atoms with Crippen molar-refractivity contribution in [3.05, 3.63) is 95.6 Å². The summed E-state index contributed by atoms with van der Waals surface area (Å²) in [7, 11) is 0. The number of hydrogen-bond donors (Lipinski definition) is 2. The van der Waals surface area contributed by atoms with Crippen LogP contribution in [-0.2, 0) is 17.6 Å². The standard InChI is InChI=1S/C23H22N2O3/c24-22(26)16-28-20-14-12-19(13-15-20)25-23(27)21-9-5-4-8-18(21)11-10-17-6-2-1-3-7-17/h1-9,12-15H,10-11,16H2,(H2,24,26)(H,25,27). The Bertz CT molecular complexity index is 938. The molecule has 0 aromatic heterocycles. The third kappa shape index (κ3) is 5.45. The van der Waals surface area contributed by atoms with E-state index in [2.05, 4.69) is 17.4 Å². The van der Waals surface area contributed by atoms with Crippen molar-refractivity contribution in [3.63, 3.8) is 0 Å². The van der Waals surface area contributed by atoms with Crippen molar-refractivity contribution < 1.29 is 14.3 Å². The van der Waals surface area contributed by atoms with Crippen molar-refractivity contribution in [2.24, 2.45) is 5.73 Å². The number of anilines is 1. The molecule has 28 heavy (non-hydrogen) atoms. The number of ether oxygens (including phenoxy) is 1. The summed E-state index contributed by atoms with van der Waals surface area (Å²) in [6.45, 7) is -0.180. The van der Waals surface area contributed by atoms with Crippen LogP contribution in [0.25, 0.3) is 0 Å². The van der Waals surface area contributed by atoms with Crippen LogP contribution in [0.4, 0.5) is 5.69 Å². The zero-order chi connectivity index (χ0) is 19.8. The summed E-state index contributed by atoms with van der Waals surface area (Å²) in [6.07, 6.45) is 1.66. The van der Waals surface area contributed by atoms with Gasteiger partial charge in [0.15, 0.2) is 6.61 Å². The van der Waals surface area contributed by atoms with Gasteiger partial charge in [0.25, 0.3) is 11.8 Å². The molecule has 5 heteroatoms. The Labute approximate surface area is 164 Å². The first kappa shape index (κ1) is 19.2. The predicted octanol–water partition coefficient (Wildman–Crippen LogP) is 3.59. The third-order valence-electron chi connectivity index (χ3n) is 4.28. The molecule has 0 bridgehead atoms. The maximum Gasteiger partial charge on any atom is 0.255 e. The molecule has 0 aliphatic carbocycles. The number of aryl methyl sites for hydroxylation is 2. The van der Waals surface area contributed by atoms with Crippen molar-refractivity contribution in [1.82, 2.24) is 0 Å². The first-order chi connectivity index (χ1) is 13.6. The molecule has 0 atom stereocenters. The van der Waals surface area contributed by atoms with Crippen molar-refractivity contribution in [1.29, 1.82) is 0 Å². The largest absolute Gasteiger partial charge is 0.484 e. The van der Waals surface area contributed by atoms with Crippen molar-refractivity contribution in [2.75, 3.05) is 11.9 Å². The smallest absolute Gasteiger partial charge is 0.255 e. The molecule has 0 fully saturated rings. The fourth-order valence-electron chi connectivity index (χ4n) is 2.87. The number of amides is 2. The minimum Gasteiger partial charge on any atom is -0.484 e. The molecule has 3 aromatic carbocycles. The van der Waals surface area contributed by atoms with Crippen LogP contribution in [-0.4, -0.2) is 18.4 Å². The average molecular weight is 374 g/mol. The van der Waals surface area contributed by atoms with E-state index in [-0.39, 0.29) is 12.5 Å². The van der Waals surface area contributed by atoms with Crippen LogP contribution in [0.3, 0.4) is 0 Å². The van der Waals surface area contributed by atoms with Crippen LogP contribution >= 0.6 is 0 Å². The van der Waals surface area contributed by atoms with E-state index >= 15 is 0 Å². The fourth-order valence-corrected chi connectivity index (χ4v) is 2.87. The second-order valence-electron chi connectivity index (χ2n) is 6.38. The molecule has 5 nitrogen and oxygen atoms in total. The molecule has 0 radical (unpaired) electrons. The number of benzene rings is 3.